The lowest BCUT2D eigenvalue weighted by Gasteiger charge is -2.26. The van der Waals surface area contributed by atoms with Crippen molar-refractivity contribution in [1.82, 2.24) is 19.2 Å². The summed E-state index contributed by atoms with van der Waals surface area (Å²) in [6.07, 6.45) is 3.29. The van der Waals surface area contributed by atoms with Gasteiger partial charge in [-0.2, -0.15) is 12.7 Å². The standard InChI is InChI=1S/C13H30N4O2S/c1-5-14-9-6-10-16(3)20(18,19)15-11-12(2)17(4)13-7-8-13/h12-15H,5-11H2,1-4H3. The van der Waals surface area contributed by atoms with Crippen molar-refractivity contribution in [2.24, 2.45) is 0 Å². The van der Waals surface area contributed by atoms with E-state index in [0.29, 0.717) is 19.1 Å². The molecule has 1 fully saturated rings. The SMILES string of the molecule is CCNCCCN(C)S(=O)(=O)NCC(C)N(C)C1CC1. The summed E-state index contributed by atoms with van der Waals surface area (Å²) in [6.45, 7) is 6.87. The number of likely N-dealkylation sites (N-methyl/N-ethyl adjacent to an activating group) is 1. The monoisotopic (exact) mass is 306 g/mol. The highest BCUT2D eigenvalue weighted by molar-refractivity contribution is 7.87. The molecule has 1 aliphatic carbocycles. The molecular formula is C13H30N4O2S. The van der Waals surface area contributed by atoms with Gasteiger partial charge in [0.25, 0.3) is 10.2 Å². The van der Waals surface area contributed by atoms with Crippen LogP contribution in [0.15, 0.2) is 0 Å². The first-order valence-corrected chi connectivity index (χ1v) is 8.96. The fourth-order valence-corrected chi connectivity index (χ4v) is 3.09. The van der Waals surface area contributed by atoms with Gasteiger partial charge < -0.3 is 5.32 Å². The van der Waals surface area contributed by atoms with Gasteiger partial charge in [-0.05, 0) is 46.3 Å². The summed E-state index contributed by atoms with van der Waals surface area (Å²) in [5.41, 5.74) is 0. The van der Waals surface area contributed by atoms with Crippen LogP contribution in [0.25, 0.3) is 0 Å². The molecule has 6 nitrogen and oxygen atoms in total. The Labute approximate surface area is 124 Å². The molecule has 7 heteroatoms. The zero-order valence-corrected chi connectivity index (χ0v) is 14.0. The Balaban J connectivity index is 2.28. The zero-order chi connectivity index (χ0) is 15.2. The summed E-state index contributed by atoms with van der Waals surface area (Å²) >= 11 is 0. The van der Waals surface area contributed by atoms with Gasteiger partial charge in [0.15, 0.2) is 0 Å². The van der Waals surface area contributed by atoms with Gasteiger partial charge in [-0.1, -0.05) is 6.92 Å². The Kier molecular flexibility index (Phi) is 7.39. The van der Waals surface area contributed by atoms with Crippen molar-refractivity contribution in [2.75, 3.05) is 40.3 Å². The van der Waals surface area contributed by atoms with Gasteiger partial charge >= 0.3 is 0 Å². The summed E-state index contributed by atoms with van der Waals surface area (Å²) in [7, 11) is 0.342. The summed E-state index contributed by atoms with van der Waals surface area (Å²) in [5.74, 6) is 0. The van der Waals surface area contributed by atoms with E-state index in [-0.39, 0.29) is 6.04 Å². The fourth-order valence-electron chi connectivity index (χ4n) is 2.05. The third-order valence-electron chi connectivity index (χ3n) is 3.87. The maximum absolute atomic E-state index is 12.1. The molecule has 0 bridgehead atoms. The van der Waals surface area contributed by atoms with E-state index in [4.69, 9.17) is 0 Å². The molecule has 1 rings (SSSR count). The Morgan fingerprint density at radius 3 is 2.50 bits per heavy atom. The molecule has 1 atom stereocenters. The minimum Gasteiger partial charge on any atom is -0.317 e. The van der Waals surface area contributed by atoms with Gasteiger partial charge in [0.1, 0.15) is 0 Å². The van der Waals surface area contributed by atoms with E-state index in [1.54, 1.807) is 7.05 Å². The average Bonchev–Trinajstić information content (AvgIpc) is 3.24. The maximum atomic E-state index is 12.1. The van der Waals surface area contributed by atoms with E-state index >= 15 is 0 Å². The van der Waals surface area contributed by atoms with Crippen LogP contribution in [0.5, 0.6) is 0 Å². The van der Waals surface area contributed by atoms with Crippen LogP contribution in [0.1, 0.15) is 33.1 Å². The highest BCUT2D eigenvalue weighted by atomic mass is 32.2. The van der Waals surface area contributed by atoms with Crippen LogP contribution in [-0.2, 0) is 10.2 Å². The highest BCUT2D eigenvalue weighted by Crippen LogP contribution is 2.26. The van der Waals surface area contributed by atoms with Crippen molar-refractivity contribution in [2.45, 2.75) is 45.2 Å². The molecule has 0 saturated heterocycles. The van der Waals surface area contributed by atoms with Crippen LogP contribution < -0.4 is 10.0 Å². The van der Waals surface area contributed by atoms with E-state index in [1.165, 1.54) is 17.1 Å². The Hall–Kier alpha value is -0.210. The lowest BCUT2D eigenvalue weighted by Crippen LogP contribution is -2.45. The van der Waals surface area contributed by atoms with Gasteiger partial charge in [0.2, 0.25) is 0 Å². The zero-order valence-electron chi connectivity index (χ0n) is 13.2. The molecule has 120 valence electrons. The van der Waals surface area contributed by atoms with Crippen molar-refractivity contribution in [3.63, 3.8) is 0 Å². The first kappa shape index (κ1) is 17.8. The normalized spacial score (nSPS) is 17.9. The average molecular weight is 306 g/mol. The molecule has 1 saturated carbocycles. The van der Waals surface area contributed by atoms with Crippen molar-refractivity contribution in [3.8, 4) is 0 Å². The highest BCUT2D eigenvalue weighted by Gasteiger charge is 2.29. The molecule has 0 radical (unpaired) electrons. The quantitative estimate of drug-likeness (QED) is 0.537. The molecule has 0 aromatic carbocycles. The Bertz CT molecular complexity index is 371. The summed E-state index contributed by atoms with van der Waals surface area (Å²) in [6, 6.07) is 0.875. The van der Waals surface area contributed by atoms with Gasteiger partial charge in [0, 0.05) is 32.2 Å². The number of rotatable bonds is 11. The van der Waals surface area contributed by atoms with Crippen LogP contribution in [0.2, 0.25) is 0 Å². The Morgan fingerprint density at radius 1 is 1.30 bits per heavy atom. The maximum Gasteiger partial charge on any atom is 0.279 e. The second-order valence-electron chi connectivity index (χ2n) is 5.63. The molecule has 0 aliphatic heterocycles. The van der Waals surface area contributed by atoms with Crippen LogP contribution in [0.4, 0.5) is 0 Å². The number of nitrogens with zero attached hydrogens (tertiary/aromatic N) is 2. The molecule has 0 spiro atoms. The van der Waals surface area contributed by atoms with Gasteiger partial charge in [0.05, 0.1) is 0 Å². The van der Waals surface area contributed by atoms with Crippen molar-refractivity contribution in [3.05, 3.63) is 0 Å². The molecule has 0 heterocycles. The minimum atomic E-state index is -3.35. The predicted molar refractivity (Wildman–Crippen MR) is 83.0 cm³/mol. The van der Waals surface area contributed by atoms with Gasteiger partial charge in [-0.15, -0.1) is 0 Å². The van der Waals surface area contributed by atoms with E-state index in [2.05, 4.69) is 28.9 Å². The molecule has 20 heavy (non-hydrogen) atoms. The van der Waals surface area contributed by atoms with E-state index in [9.17, 15) is 8.42 Å². The van der Waals surface area contributed by atoms with E-state index in [1.807, 2.05) is 6.92 Å². The largest absolute Gasteiger partial charge is 0.317 e. The molecule has 0 aromatic rings. The second kappa shape index (κ2) is 8.29. The molecule has 1 unspecified atom stereocenters. The van der Waals surface area contributed by atoms with E-state index in [0.717, 1.165) is 19.5 Å². The molecule has 0 aromatic heterocycles. The molecular weight excluding hydrogens is 276 g/mol. The van der Waals surface area contributed by atoms with Crippen LogP contribution in [0, 0.1) is 0 Å². The van der Waals surface area contributed by atoms with Crippen LogP contribution in [-0.4, -0.2) is 70.0 Å². The summed E-state index contributed by atoms with van der Waals surface area (Å²) in [4.78, 5) is 2.26. The smallest absolute Gasteiger partial charge is 0.279 e. The number of nitrogens with one attached hydrogen (secondary N) is 2. The predicted octanol–water partition coefficient (Wildman–Crippen LogP) is 0.235. The molecule has 1 aliphatic rings. The van der Waals surface area contributed by atoms with Crippen molar-refractivity contribution in [1.29, 1.82) is 0 Å². The van der Waals surface area contributed by atoms with Crippen LogP contribution >= 0.6 is 0 Å². The second-order valence-corrected chi connectivity index (χ2v) is 7.49. The van der Waals surface area contributed by atoms with Gasteiger partial charge in [-0.25, -0.2) is 4.72 Å². The summed E-state index contributed by atoms with van der Waals surface area (Å²) < 4.78 is 28.3. The fraction of sp³-hybridized carbons (Fsp3) is 1.00. The number of hydrogen-bond acceptors (Lipinski definition) is 4. The lowest BCUT2D eigenvalue weighted by molar-refractivity contribution is 0.247. The first-order chi connectivity index (χ1) is 9.38. The van der Waals surface area contributed by atoms with Crippen LogP contribution in [0.3, 0.4) is 0 Å². The molecule has 0 amide bonds. The third-order valence-corrected chi connectivity index (χ3v) is 5.40. The minimum absolute atomic E-state index is 0.229. The first-order valence-electron chi connectivity index (χ1n) is 7.52. The van der Waals surface area contributed by atoms with E-state index < -0.39 is 10.2 Å². The Morgan fingerprint density at radius 2 is 1.95 bits per heavy atom. The van der Waals surface area contributed by atoms with Gasteiger partial charge in [-0.3, -0.25) is 4.90 Å². The summed E-state index contributed by atoms with van der Waals surface area (Å²) in [5, 5.41) is 3.19. The topological polar surface area (TPSA) is 64.7 Å². The molecule has 2 N–H and O–H groups in total. The van der Waals surface area contributed by atoms with Crippen molar-refractivity contribution < 1.29 is 8.42 Å². The lowest BCUT2D eigenvalue weighted by atomic mass is 10.3. The number of hydrogen-bond donors (Lipinski definition) is 2. The third kappa shape index (κ3) is 6.05. The van der Waals surface area contributed by atoms with Crippen molar-refractivity contribution >= 4 is 10.2 Å².